The lowest BCUT2D eigenvalue weighted by atomic mass is 10.1. The van der Waals surface area contributed by atoms with E-state index in [0.717, 1.165) is 17.1 Å². The Morgan fingerprint density at radius 3 is 3.00 bits per heavy atom. The Bertz CT molecular complexity index is 920. The summed E-state index contributed by atoms with van der Waals surface area (Å²) in [6.07, 6.45) is 2.06. The molecule has 0 fully saturated rings. The van der Waals surface area contributed by atoms with E-state index in [1.807, 2.05) is 18.2 Å². The molecular weight excluding hydrogens is 322 g/mol. The smallest absolute Gasteiger partial charge is 0.280 e. The maximum absolute atomic E-state index is 12.3. The second-order valence-electron chi connectivity index (χ2n) is 4.97. The lowest BCUT2D eigenvalue weighted by Gasteiger charge is -2.09. The fraction of sp³-hybridized carbons (Fsp3) is 0.214. The van der Waals surface area contributed by atoms with Crippen molar-refractivity contribution in [2.45, 2.75) is 13.0 Å². The molecule has 23 heavy (non-hydrogen) atoms. The van der Waals surface area contributed by atoms with Crippen LogP contribution in [0.25, 0.3) is 11.2 Å². The first-order chi connectivity index (χ1) is 10.7. The lowest BCUT2D eigenvalue weighted by molar-refractivity contribution is 0.174. The van der Waals surface area contributed by atoms with E-state index in [9.17, 15) is 4.79 Å². The molecule has 3 aromatic rings. The molecule has 0 aliphatic carbocycles. The van der Waals surface area contributed by atoms with Gasteiger partial charge in [-0.1, -0.05) is 6.07 Å². The molecule has 0 spiro atoms. The predicted molar refractivity (Wildman–Crippen MR) is 86.1 cm³/mol. The number of nitrogen functional groups attached to an aromatic ring is 1. The van der Waals surface area contributed by atoms with E-state index in [1.54, 1.807) is 0 Å². The van der Waals surface area contributed by atoms with Crippen LogP contribution in [0.15, 0.2) is 29.3 Å². The first kappa shape index (κ1) is 15.2. The number of aromatic nitrogens is 4. The molecule has 0 unspecified atom stereocenters. The van der Waals surface area contributed by atoms with Crippen LogP contribution in [0.1, 0.15) is 5.56 Å². The minimum atomic E-state index is -0.222. The average Bonchev–Trinajstić information content (AvgIpc) is 3.14. The zero-order valence-corrected chi connectivity index (χ0v) is 12.8. The van der Waals surface area contributed by atoms with E-state index >= 15 is 0 Å². The van der Waals surface area contributed by atoms with Gasteiger partial charge in [-0.25, -0.2) is 4.98 Å². The number of benzene rings is 1. The first-order valence-electron chi connectivity index (χ1n) is 6.80. The second kappa shape index (κ2) is 5.81. The van der Waals surface area contributed by atoms with Gasteiger partial charge < -0.3 is 20.2 Å². The summed E-state index contributed by atoms with van der Waals surface area (Å²) < 4.78 is 12.1. The van der Waals surface area contributed by atoms with Gasteiger partial charge in [0.15, 0.2) is 22.7 Å². The van der Waals surface area contributed by atoms with Crippen molar-refractivity contribution in [2.24, 2.45) is 0 Å². The highest BCUT2D eigenvalue weighted by molar-refractivity contribution is 5.85. The molecule has 1 aliphatic heterocycles. The molecular formula is C14H14ClN5O3. The summed E-state index contributed by atoms with van der Waals surface area (Å²) in [5, 5.41) is 0. The fourth-order valence-corrected chi connectivity index (χ4v) is 2.49. The molecule has 0 saturated carbocycles. The third-order valence-corrected chi connectivity index (χ3v) is 3.64. The van der Waals surface area contributed by atoms with E-state index in [4.69, 9.17) is 15.2 Å². The van der Waals surface area contributed by atoms with Gasteiger partial charge in [0.1, 0.15) is 0 Å². The Morgan fingerprint density at radius 1 is 1.30 bits per heavy atom. The van der Waals surface area contributed by atoms with E-state index < -0.39 is 0 Å². The Labute approximate surface area is 136 Å². The van der Waals surface area contributed by atoms with Gasteiger partial charge in [0, 0.05) is 6.54 Å². The highest BCUT2D eigenvalue weighted by atomic mass is 35.5. The van der Waals surface area contributed by atoms with E-state index in [2.05, 4.69) is 15.0 Å². The molecule has 9 heteroatoms. The molecule has 0 amide bonds. The number of aromatic amines is 1. The first-order valence-corrected chi connectivity index (χ1v) is 6.80. The summed E-state index contributed by atoms with van der Waals surface area (Å²) in [4.78, 5) is 23.2. The zero-order chi connectivity index (χ0) is 15.1. The van der Waals surface area contributed by atoms with Crippen molar-refractivity contribution < 1.29 is 9.47 Å². The van der Waals surface area contributed by atoms with Crippen LogP contribution in [0.4, 0.5) is 5.95 Å². The van der Waals surface area contributed by atoms with Crippen LogP contribution in [0.5, 0.6) is 11.5 Å². The molecule has 0 radical (unpaired) electrons. The second-order valence-corrected chi connectivity index (χ2v) is 4.97. The maximum atomic E-state index is 12.3. The third kappa shape index (κ3) is 2.57. The summed E-state index contributed by atoms with van der Waals surface area (Å²) in [5.74, 6) is 1.62. The van der Waals surface area contributed by atoms with Crippen LogP contribution >= 0.6 is 12.4 Å². The molecule has 1 aromatic carbocycles. The number of nitrogens with zero attached hydrogens (tertiary/aromatic N) is 3. The van der Waals surface area contributed by atoms with Crippen LogP contribution in [0.3, 0.4) is 0 Å². The molecule has 1 aliphatic rings. The molecule has 0 bridgehead atoms. The molecule has 0 atom stereocenters. The minimum Gasteiger partial charge on any atom is -0.454 e. The standard InChI is InChI=1S/C14H13N5O3.ClH/c15-14-18-12-11(16-6-17-12)13(20)19(14)4-3-8-1-2-9-10(5-8)22-7-21-9;/h1-2,5-6H,3-4,7H2,(H2,15,18)(H,16,17);1H. The number of imidazole rings is 1. The van der Waals surface area contributed by atoms with Gasteiger partial charge in [-0.15, -0.1) is 12.4 Å². The Morgan fingerprint density at radius 2 is 2.13 bits per heavy atom. The number of rotatable bonds is 3. The van der Waals surface area contributed by atoms with E-state index in [0.29, 0.717) is 24.1 Å². The largest absolute Gasteiger partial charge is 0.454 e. The van der Waals surface area contributed by atoms with Gasteiger partial charge in [0.25, 0.3) is 5.56 Å². The van der Waals surface area contributed by atoms with Crippen molar-refractivity contribution in [3.63, 3.8) is 0 Å². The molecule has 3 heterocycles. The number of aryl methyl sites for hydroxylation is 1. The highest BCUT2D eigenvalue weighted by Crippen LogP contribution is 2.32. The summed E-state index contributed by atoms with van der Waals surface area (Å²) in [5.41, 5.74) is 7.36. The monoisotopic (exact) mass is 335 g/mol. The summed E-state index contributed by atoms with van der Waals surface area (Å²) in [6.45, 7) is 0.665. The molecule has 8 nitrogen and oxygen atoms in total. The summed E-state index contributed by atoms with van der Waals surface area (Å²) in [7, 11) is 0. The van der Waals surface area contributed by atoms with Gasteiger partial charge in [0.05, 0.1) is 6.33 Å². The van der Waals surface area contributed by atoms with Gasteiger partial charge in [-0.2, -0.15) is 4.98 Å². The van der Waals surface area contributed by atoms with Crippen LogP contribution in [-0.4, -0.2) is 26.3 Å². The van der Waals surface area contributed by atoms with Crippen molar-refractivity contribution in [3.05, 3.63) is 40.4 Å². The fourth-order valence-electron chi connectivity index (χ4n) is 2.49. The quantitative estimate of drug-likeness (QED) is 0.742. The molecule has 0 saturated heterocycles. The van der Waals surface area contributed by atoms with Gasteiger partial charge in [-0.05, 0) is 24.1 Å². The van der Waals surface area contributed by atoms with Crippen molar-refractivity contribution in [3.8, 4) is 11.5 Å². The molecule has 4 rings (SSSR count). The number of halogens is 1. The van der Waals surface area contributed by atoms with Crippen LogP contribution in [0, 0.1) is 0 Å². The van der Waals surface area contributed by atoms with E-state index in [-0.39, 0.29) is 30.7 Å². The van der Waals surface area contributed by atoms with Crippen molar-refractivity contribution in [2.75, 3.05) is 12.5 Å². The van der Waals surface area contributed by atoms with Crippen LogP contribution < -0.4 is 20.8 Å². The summed E-state index contributed by atoms with van der Waals surface area (Å²) in [6, 6.07) is 5.71. The molecule has 2 aromatic heterocycles. The van der Waals surface area contributed by atoms with Crippen LogP contribution in [-0.2, 0) is 13.0 Å². The topological polar surface area (TPSA) is 108 Å². The van der Waals surface area contributed by atoms with Gasteiger partial charge in [0.2, 0.25) is 12.7 Å². The van der Waals surface area contributed by atoms with E-state index in [1.165, 1.54) is 10.9 Å². The van der Waals surface area contributed by atoms with Crippen LogP contribution in [0.2, 0.25) is 0 Å². The maximum Gasteiger partial charge on any atom is 0.280 e. The SMILES string of the molecule is Cl.Nc1nc2nc[nH]c2c(=O)n1CCc1ccc2c(c1)OCO2. The Kier molecular flexibility index (Phi) is 3.83. The average molecular weight is 336 g/mol. The third-order valence-electron chi connectivity index (χ3n) is 3.64. The Balaban J connectivity index is 0.00000156. The summed E-state index contributed by atoms with van der Waals surface area (Å²) >= 11 is 0. The molecule has 3 N–H and O–H groups in total. The minimum absolute atomic E-state index is 0. The number of nitrogens with two attached hydrogens (primary N) is 1. The number of anilines is 1. The van der Waals surface area contributed by atoms with Gasteiger partial charge >= 0.3 is 0 Å². The predicted octanol–water partition coefficient (Wildman–Crippen LogP) is 1.09. The number of H-pyrrole nitrogens is 1. The van der Waals surface area contributed by atoms with Crippen molar-refractivity contribution in [1.29, 1.82) is 0 Å². The van der Waals surface area contributed by atoms with Crippen molar-refractivity contribution in [1.82, 2.24) is 19.5 Å². The van der Waals surface area contributed by atoms with Gasteiger partial charge in [-0.3, -0.25) is 9.36 Å². The van der Waals surface area contributed by atoms with Crippen molar-refractivity contribution >= 4 is 29.5 Å². The number of hydrogen-bond donors (Lipinski definition) is 2. The zero-order valence-electron chi connectivity index (χ0n) is 12.0. The number of ether oxygens (including phenoxy) is 2. The highest BCUT2D eigenvalue weighted by Gasteiger charge is 2.14. The Hall–Kier alpha value is -2.74. The molecule has 120 valence electrons. The normalized spacial score (nSPS) is 12.3. The number of fused-ring (bicyclic) bond motifs is 2. The number of nitrogens with one attached hydrogen (secondary N) is 1. The lowest BCUT2D eigenvalue weighted by Crippen LogP contribution is -2.25. The number of hydrogen-bond acceptors (Lipinski definition) is 6.